The summed E-state index contributed by atoms with van der Waals surface area (Å²) in [6.07, 6.45) is 1.97. The lowest BCUT2D eigenvalue weighted by atomic mass is 9.66. The van der Waals surface area contributed by atoms with E-state index in [4.69, 9.17) is 0 Å². The molecule has 0 radical (unpaired) electrons. The molecule has 2 aromatic heterocycles. The molecule has 10 heteroatoms. The molecule has 6 rings (SSSR count). The van der Waals surface area contributed by atoms with Gasteiger partial charge in [-0.15, -0.1) is 5.10 Å². The summed E-state index contributed by atoms with van der Waals surface area (Å²) in [5.41, 5.74) is 0.989. The number of aliphatic hydroxyl groups is 1. The number of benzene rings is 1. The van der Waals surface area contributed by atoms with Gasteiger partial charge in [0.1, 0.15) is 17.3 Å². The minimum atomic E-state index is -0.902. The molecule has 3 aliphatic rings. The van der Waals surface area contributed by atoms with E-state index in [-0.39, 0.29) is 35.1 Å². The Labute approximate surface area is 205 Å². The van der Waals surface area contributed by atoms with Crippen molar-refractivity contribution in [1.82, 2.24) is 20.2 Å². The van der Waals surface area contributed by atoms with E-state index in [0.717, 1.165) is 18.2 Å². The Morgan fingerprint density at radius 3 is 2.47 bits per heavy atom. The van der Waals surface area contributed by atoms with Crippen LogP contribution in [0.5, 0.6) is 0 Å². The molecule has 184 valence electrons. The maximum Gasteiger partial charge on any atom is 0.176 e. The average Bonchev–Trinajstić information content (AvgIpc) is 3.48. The van der Waals surface area contributed by atoms with Gasteiger partial charge in [-0.25, -0.2) is 23.1 Å². The van der Waals surface area contributed by atoms with E-state index >= 15 is 4.39 Å². The smallest absolute Gasteiger partial charge is 0.176 e. The third-order valence-electron chi connectivity index (χ3n) is 8.14. The normalized spacial score (nSPS) is 24.5. The topological polar surface area (TPSA) is 96.5 Å². The van der Waals surface area contributed by atoms with Crippen molar-refractivity contribution in [1.29, 1.82) is 0 Å². The Morgan fingerprint density at radius 1 is 1.03 bits per heavy atom. The van der Waals surface area contributed by atoms with E-state index in [1.165, 1.54) is 18.2 Å². The number of aromatic nitrogens is 4. The van der Waals surface area contributed by atoms with Gasteiger partial charge in [-0.05, 0) is 54.9 Å². The zero-order chi connectivity index (χ0) is 25.4. The molecule has 1 saturated carbocycles. The lowest BCUT2D eigenvalue weighted by molar-refractivity contribution is 0.235. The first-order valence-corrected chi connectivity index (χ1v) is 11.8. The highest BCUT2D eigenvalue weighted by molar-refractivity contribution is 6.14. The second-order valence-electron chi connectivity index (χ2n) is 10.2. The molecule has 2 aliphatic carbocycles. The Hall–Kier alpha value is -3.53. The fourth-order valence-corrected chi connectivity index (χ4v) is 6.24. The molecule has 1 fully saturated rings. The summed E-state index contributed by atoms with van der Waals surface area (Å²) < 4.78 is 44.4. The van der Waals surface area contributed by atoms with Gasteiger partial charge < -0.3 is 5.11 Å². The van der Waals surface area contributed by atoms with Crippen LogP contribution in [0.2, 0.25) is 0 Å². The second-order valence-corrected chi connectivity index (χ2v) is 10.2. The maximum atomic E-state index is 15.5. The lowest BCUT2D eigenvalue weighted by Gasteiger charge is -2.37. The van der Waals surface area contributed by atoms with Gasteiger partial charge in [0.25, 0.3) is 0 Å². The fourth-order valence-electron chi connectivity index (χ4n) is 6.24. The van der Waals surface area contributed by atoms with Crippen molar-refractivity contribution in [2.75, 3.05) is 0 Å². The Morgan fingerprint density at radius 2 is 1.78 bits per heavy atom. The lowest BCUT2D eigenvalue weighted by Crippen LogP contribution is -2.39. The molecule has 0 unspecified atom stereocenters. The summed E-state index contributed by atoms with van der Waals surface area (Å²) in [7, 11) is 0. The Balaban J connectivity index is 1.49. The van der Waals surface area contributed by atoms with E-state index in [0.29, 0.717) is 23.5 Å². The molecular formula is C26H23F3N6O. The molecule has 1 N–H and O–H groups in total. The van der Waals surface area contributed by atoms with Crippen LogP contribution in [0.4, 0.5) is 13.2 Å². The molecule has 1 aromatic carbocycles. The van der Waals surface area contributed by atoms with Crippen LogP contribution in [0.3, 0.4) is 0 Å². The highest BCUT2D eigenvalue weighted by Gasteiger charge is 2.66. The third-order valence-corrected chi connectivity index (χ3v) is 8.14. The summed E-state index contributed by atoms with van der Waals surface area (Å²) in [4.78, 5) is 8.79. The van der Waals surface area contributed by atoms with E-state index in [2.05, 4.69) is 30.4 Å². The quantitative estimate of drug-likeness (QED) is 0.579. The van der Waals surface area contributed by atoms with Gasteiger partial charge in [-0.1, -0.05) is 19.9 Å². The number of hydrogen-bond acceptors (Lipinski definition) is 7. The molecule has 2 bridgehead atoms. The summed E-state index contributed by atoms with van der Waals surface area (Å²) in [5.74, 6) is -1.79. The van der Waals surface area contributed by atoms with Crippen molar-refractivity contribution in [3.63, 3.8) is 0 Å². The molecule has 3 atom stereocenters. The van der Waals surface area contributed by atoms with Crippen LogP contribution in [-0.4, -0.2) is 42.8 Å². The number of rotatable bonds is 4. The number of hydrogen-bond donors (Lipinski definition) is 1. The molecule has 0 amide bonds. The summed E-state index contributed by atoms with van der Waals surface area (Å²) >= 11 is 0. The minimum absolute atomic E-state index is 0.0246. The van der Waals surface area contributed by atoms with Crippen LogP contribution >= 0.6 is 0 Å². The van der Waals surface area contributed by atoms with Crippen molar-refractivity contribution >= 4 is 11.4 Å². The number of nitrogens with zero attached hydrogens (tertiary/aromatic N) is 6. The predicted molar refractivity (Wildman–Crippen MR) is 126 cm³/mol. The largest absolute Gasteiger partial charge is 0.387 e. The van der Waals surface area contributed by atoms with E-state index in [1.54, 1.807) is 13.0 Å². The summed E-state index contributed by atoms with van der Waals surface area (Å²) in [6.45, 7) is 5.68. The van der Waals surface area contributed by atoms with Gasteiger partial charge in [0.15, 0.2) is 11.6 Å². The van der Waals surface area contributed by atoms with Crippen LogP contribution in [0, 0.1) is 22.9 Å². The summed E-state index contributed by atoms with van der Waals surface area (Å²) in [5, 5.41) is 26.6. The van der Waals surface area contributed by atoms with Crippen LogP contribution in [0.15, 0.2) is 40.7 Å². The number of fused-ring (bicyclic) bond motifs is 5. The minimum Gasteiger partial charge on any atom is -0.387 e. The summed E-state index contributed by atoms with van der Waals surface area (Å²) in [6, 6.07) is 5.34. The van der Waals surface area contributed by atoms with E-state index in [1.807, 2.05) is 13.8 Å². The predicted octanol–water partition coefficient (Wildman–Crippen LogP) is 4.48. The van der Waals surface area contributed by atoms with Crippen molar-refractivity contribution in [2.45, 2.75) is 57.5 Å². The standard InChI is InChI=1S/C26H23F3N6O/c1-12(36)18-10-20(34-32-18)24-30-11-17(29)23(31-24)26-8-7-14(25(26,2)3)13-9-19(33-35-22(13)26)21-15(27)5-4-6-16(21)28/h4-6,9,11-12,14,36H,7-8,10H2,1-3H3/t12-,14-,26+/m0/s1. The van der Waals surface area contributed by atoms with Gasteiger partial charge in [0.2, 0.25) is 0 Å². The van der Waals surface area contributed by atoms with Crippen molar-refractivity contribution in [3.05, 3.63) is 70.7 Å². The zero-order valence-corrected chi connectivity index (χ0v) is 19.9. The van der Waals surface area contributed by atoms with Crippen molar-refractivity contribution < 1.29 is 18.3 Å². The maximum absolute atomic E-state index is 15.5. The molecular weight excluding hydrogens is 469 g/mol. The van der Waals surface area contributed by atoms with E-state index < -0.39 is 34.4 Å². The molecule has 7 nitrogen and oxygen atoms in total. The van der Waals surface area contributed by atoms with Gasteiger partial charge in [-0.3, -0.25) is 0 Å². The first-order valence-electron chi connectivity index (χ1n) is 11.8. The van der Waals surface area contributed by atoms with Crippen LogP contribution in [-0.2, 0) is 5.41 Å². The highest BCUT2D eigenvalue weighted by atomic mass is 19.1. The third kappa shape index (κ3) is 2.97. The van der Waals surface area contributed by atoms with Crippen LogP contribution in [0.25, 0.3) is 11.3 Å². The highest BCUT2D eigenvalue weighted by Crippen LogP contribution is 2.69. The first kappa shape index (κ1) is 22.9. The molecule has 3 heterocycles. The van der Waals surface area contributed by atoms with Gasteiger partial charge in [0.05, 0.1) is 46.1 Å². The zero-order valence-electron chi connectivity index (χ0n) is 19.9. The van der Waals surface area contributed by atoms with Crippen molar-refractivity contribution in [3.8, 4) is 11.3 Å². The van der Waals surface area contributed by atoms with E-state index in [9.17, 15) is 13.9 Å². The number of halogens is 3. The molecule has 0 spiro atoms. The average molecular weight is 493 g/mol. The van der Waals surface area contributed by atoms with Gasteiger partial charge in [-0.2, -0.15) is 15.3 Å². The van der Waals surface area contributed by atoms with Gasteiger partial charge >= 0.3 is 0 Å². The van der Waals surface area contributed by atoms with Crippen LogP contribution < -0.4 is 0 Å². The van der Waals surface area contributed by atoms with Gasteiger partial charge in [0, 0.05) is 6.42 Å². The van der Waals surface area contributed by atoms with Crippen LogP contribution in [0.1, 0.15) is 68.7 Å². The molecule has 0 saturated heterocycles. The first-order chi connectivity index (χ1) is 17.1. The fraction of sp³-hybridized carbons (Fsp3) is 0.385. The molecule has 1 aliphatic heterocycles. The Bertz CT molecular complexity index is 1460. The number of aliphatic hydroxyl groups excluding tert-OH is 1. The molecule has 36 heavy (non-hydrogen) atoms. The van der Waals surface area contributed by atoms with Crippen molar-refractivity contribution in [2.24, 2.45) is 15.6 Å². The Kier molecular flexibility index (Phi) is 4.92. The second kappa shape index (κ2) is 7.73. The molecule has 3 aromatic rings. The monoisotopic (exact) mass is 492 g/mol. The SMILES string of the molecule is C[C@H](O)C1=NN=C(c2ncc(F)c([C@@]34CC[C@@H](c5cc(-c6c(F)cccc6F)nnc53)C4(C)C)n2)C1.